The maximum Gasteiger partial charge on any atom is 0.119 e. The van der Waals surface area contributed by atoms with E-state index >= 15 is 0 Å². The molecule has 0 saturated carbocycles. The van der Waals surface area contributed by atoms with E-state index in [-0.39, 0.29) is 0 Å². The van der Waals surface area contributed by atoms with Gasteiger partial charge in [-0.05, 0) is 30.2 Å². The van der Waals surface area contributed by atoms with Crippen molar-refractivity contribution < 1.29 is 4.74 Å². The van der Waals surface area contributed by atoms with Crippen LogP contribution in [0.3, 0.4) is 0 Å². The molecule has 0 unspecified atom stereocenters. The molecule has 0 atom stereocenters. The van der Waals surface area contributed by atoms with E-state index in [0.717, 1.165) is 18.6 Å². The van der Waals surface area contributed by atoms with E-state index in [2.05, 4.69) is 24.2 Å². The van der Waals surface area contributed by atoms with Crippen LogP contribution in [0.5, 0.6) is 5.75 Å². The number of rotatable bonds is 5. The molecule has 0 fully saturated rings. The highest BCUT2D eigenvalue weighted by atomic mass is 16.5. The van der Waals surface area contributed by atoms with Crippen LogP contribution in [0.2, 0.25) is 0 Å². The van der Waals surface area contributed by atoms with Crippen LogP contribution in [0.25, 0.3) is 0 Å². The molecule has 0 amide bonds. The number of ether oxygens (including phenoxy) is 1. The summed E-state index contributed by atoms with van der Waals surface area (Å²) in [5.41, 5.74) is 2.53. The Labute approximate surface area is 102 Å². The van der Waals surface area contributed by atoms with Gasteiger partial charge < -0.3 is 4.74 Å². The number of benzene rings is 1. The molecule has 0 aliphatic rings. The van der Waals surface area contributed by atoms with Crippen LogP contribution in [0, 0.1) is 0 Å². The maximum absolute atomic E-state index is 5.69. The van der Waals surface area contributed by atoms with Crippen LogP contribution in [0.4, 0.5) is 0 Å². The minimum atomic E-state index is 0.686. The Morgan fingerprint density at radius 2 is 1.94 bits per heavy atom. The predicted molar refractivity (Wildman–Crippen MR) is 68.2 cm³/mol. The first kappa shape index (κ1) is 11.7. The fourth-order valence-corrected chi connectivity index (χ4v) is 1.74. The van der Waals surface area contributed by atoms with Gasteiger partial charge in [0.05, 0.1) is 6.61 Å². The van der Waals surface area contributed by atoms with Crippen molar-refractivity contribution in [2.45, 2.75) is 19.8 Å². The van der Waals surface area contributed by atoms with Crippen molar-refractivity contribution in [1.29, 1.82) is 0 Å². The third-order valence-corrected chi connectivity index (χ3v) is 2.88. The smallest absolute Gasteiger partial charge is 0.119 e. The molecule has 90 valence electrons. The predicted octanol–water partition coefficient (Wildman–Crippen LogP) is 2.60. The molecule has 2 rings (SSSR count). The van der Waals surface area contributed by atoms with E-state index in [9.17, 15) is 0 Å². The number of nitrogens with zero attached hydrogens (tertiary/aromatic N) is 2. The van der Waals surface area contributed by atoms with E-state index in [1.165, 1.54) is 11.3 Å². The second-order valence-corrected chi connectivity index (χ2v) is 4.04. The molecule has 3 heteroatoms. The van der Waals surface area contributed by atoms with Crippen LogP contribution in [0.15, 0.2) is 36.5 Å². The normalized spacial score (nSPS) is 10.5. The minimum Gasteiger partial charge on any atom is -0.493 e. The third kappa shape index (κ3) is 3.09. The lowest BCUT2D eigenvalue weighted by Crippen LogP contribution is -2.05. The van der Waals surface area contributed by atoms with Gasteiger partial charge in [-0.1, -0.05) is 19.1 Å². The molecular weight excluding hydrogens is 212 g/mol. The Morgan fingerprint density at radius 3 is 2.53 bits per heavy atom. The van der Waals surface area contributed by atoms with Crippen molar-refractivity contribution >= 4 is 0 Å². The Morgan fingerprint density at radius 1 is 1.18 bits per heavy atom. The summed E-state index contributed by atoms with van der Waals surface area (Å²) >= 11 is 0. The molecule has 3 nitrogen and oxygen atoms in total. The molecule has 2 aromatic rings. The summed E-state index contributed by atoms with van der Waals surface area (Å²) in [7, 11) is 1.95. The van der Waals surface area contributed by atoms with Crippen LogP contribution in [0.1, 0.15) is 18.2 Å². The quantitative estimate of drug-likeness (QED) is 0.789. The van der Waals surface area contributed by atoms with Gasteiger partial charge in [0.2, 0.25) is 0 Å². The number of hydrogen-bond acceptors (Lipinski definition) is 2. The highest BCUT2D eigenvalue weighted by molar-refractivity contribution is 5.27. The molecule has 0 saturated heterocycles. The monoisotopic (exact) mass is 230 g/mol. The van der Waals surface area contributed by atoms with Crippen LogP contribution >= 0.6 is 0 Å². The van der Waals surface area contributed by atoms with Gasteiger partial charge in [0, 0.05) is 25.4 Å². The maximum atomic E-state index is 5.69. The van der Waals surface area contributed by atoms with E-state index in [0.29, 0.717) is 6.61 Å². The fraction of sp³-hybridized carbons (Fsp3) is 0.357. The van der Waals surface area contributed by atoms with Gasteiger partial charge in [0.25, 0.3) is 0 Å². The molecule has 0 aliphatic heterocycles. The van der Waals surface area contributed by atoms with Gasteiger partial charge in [-0.15, -0.1) is 0 Å². The largest absolute Gasteiger partial charge is 0.493 e. The number of hydrogen-bond donors (Lipinski definition) is 0. The van der Waals surface area contributed by atoms with E-state index in [1.807, 2.05) is 36.1 Å². The van der Waals surface area contributed by atoms with Crippen molar-refractivity contribution in [1.82, 2.24) is 9.78 Å². The summed E-state index contributed by atoms with van der Waals surface area (Å²) in [6.45, 7) is 2.84. The van der Waals surface area contributed by atoms with Crippen molar-refractivity contribution in [2.75, 3.05) is 6.61 Å². The lowest BCUT2D eigenvalue weighted by atomic mass is 10.2. The first-order valence-electron chi connectivity index (χ1n) is 5.98. The first-order chi connectivity index (χ1) is 8.29. The summed E-state index contributed by atoms with van der Waals surface area (Å²) in [5, 5.41) is 4.13. The molecule has 0 bridgehead atoms. The summed E-state index contributed by atoms with van der Waals surface area (Å²) in [6.07, 6.45) is 3.76. The Balaban J connectivity index is 1.83. The lowest BCUT2D eigenvalue weighted by Gasteiger charge is -2.07. The Kier molecular flexibility index (Phi) is 3.81. The number of aryl methyl sites for hydroxylation is 2. The van der Waals surface area contributed by atoms with E-state index < -0.39 is 0 Å². The van der Waals surface area contributed by atoms with Crippen LogP contribution < -0.4 is 4.74 Å². The van der Waals surface area contributed by atoms with Crippen LogP contribution in [-0.4, -0.2) is 16.4 Å². The molecular formula is C14H18N2O. The van der Waals surface area contributed by atoms with Gasteiger partial charge in [-0.25, -0.2) is 0 Å². The standard InChI is InChI=1S/C14H18N2O/c1-3-12-4-6-14(7-5-12)17-11-9-13-8-10-15-16(13)2/h4-8,10H,3,9,11H2,1-2H3. The second kappa shape index (κ2) is 5.53. The van der Waals surface area contributed by atoms with Gasteiger partial charge in [-0.2, -0.15) is 5.10 Å². The zero-order valence-corrected chi connectivity index (χ0v) is 10.4. The molecule has 1 heterocycles. The zero-order valence-electron chi connectivity index (χ0n) is 10.4. The van der Waals surface area contributed by atoms with Crippen molar-refractivity contribution in [3.05, 3.63) is 47.8 Å². The number of aromatic nitrogens is 2. The topological polar surface area (TPSA) is 27.1 Å². The third-order valence-electron chi connectivity index (χ3n) is 2.88. The zero-order chi connectivity index (χ0) is 12.1. The summed E-state index contributed by atoms with van der Waals surface area (Å²) in [5.74, 6) is 0.935. The molecule has 0 aliphatic carbocycles. The van der Waals surface area contributed by atoms with Crippen molar-refractivity contribution in [3.8, 4) is 5.75 Å². The van der Waals surface area contributed by atoms with E-state index in [1.54, 1.807) is 0 Å². The Hall–Kier alpha value is -1.77. The van der Waals surface area contributed by atoms with Gasteiger partial charge in [-0.3, -0.25) is 4.68 Å². The average molecular weight is 230 g/mol. The summed E-state index contributed by atoms with van der Waals surface area (Å²) in [4.78, 5) is 0. The van der Waals surface area contributed by atoms with Gasteiger partial charge >= 0.3 is 0 Å². The highest BCUT2D eigenvalue weighted by Crippen LogP contribution is 2.12. The summed E-state index contributed by atoms with van der Waals surface area (Å²) < 4.78 is 7.57. The van der Waals surface area contributed by atoms with Crippen LogP contribution in [-0.2, 0) is 19.9 Å². The highest BCUT2D eigenvalue weighted by Gasteiger charge is 1.99. The van der Waals surface area contributed by atoms with Gasteiger partial charge in [0.15, 0.2) is 0 Å². The fourth-order valence-electron chi connectivity index (χ4n) is 1.74. The molecule has 1 aromatic carbocycles. The van der Waals surface area contributed by atoms with Gasteiger partial charge in [0.1, 0.15) is 5.75 Å². The lowest BCUT2D eigenvalue weighted by molar-refractivity contribution is 0.318. The SMILES string of the molecule is CCc1ccc(OCCc2ccnn2C)cc1. The Bertz CT molecular complexity index is 459. The van der Waals surface area contributed by atoms with Crippen molar-refractivity contribution in [3.63, 3.8) is 0 Å². The molecule has 0 N–H and O–H groups in total. The molecule has 0 radical (unpaired) electrons. The van der Waals surface area contributed by atoms with Crippen molar-refractivity contribution in [2.24, 2.45) is 7.05 Å². The molecule has 17 heavy (non-hydrogen) atoms. The molecule has 0 spiro atoms. The second-order valence-electron chi connectivity index (χ2n) is 4.04. The molecule has 1 aromatic heterocycles. The average Bonchev–Trinajstić information content (AvgIpc) is 2.76. The first-order valence-corrected chi connectivity index (χ1v) is 5.98. The summed E-state index contributed by atoms with van der Waals surface area (Å²) in [6, 6.07) is 10.3. The minimum absolute atomic E-state index is 0.686. The van der Waals surface area contributed by atoms with E-state index in [4.69, 9.17) is 4.74 Å².